The lowest BCUT2D eigenvalue weighted by Gasteiger charge is -2.09. The van der Waals surface area contributed by atoms with Crippen molar-refractivity contribution >= 4 is 17.5 Å². The van der Waals surface area contributed by atoms with Crippen molar-refractivity contribution in [2.45, 2.75) is 0 Å². The molecule has 6 heteroatoms. The second kappa shape index (κ2) is 7.94. The van der Waals surface area contributed by atoms with Crippen LogP contribution in [0.5, 0.6) is 11.5 Å². The maximum absolute atomic E-state index is 12.5. The van der Waals surface area contributed by atoms with Crippen LogP contribution in [0.1, 0.15) is 20.7 Å². The van der Waals surface area contributed by atoms with E-state index in [4.69, 9.17) is 4.74 Å². The van der Waals surface area contributed by atoms with Gasteiger partial charge in [0.15, 0.2) is 0 Å². The van der Waals surface area contributed by atoms with Crippen LogP contribution in [0.15, 0.2) is 73.1 Å². The van der Waals surface area contributed by atoms with Gasteiger partial charge >= 0.3 is 0 Å². The van der Waals surface area contributed by atoms with Gasteiger partial charge in [0.2, 0.25) is 0 Å². The number of nitrogens with zero attached hydrogens (tertiary/aromatic N) is 1. The van der Waals surface area contributed by atoms with Crippen molar-refractivity contribution in [1.82, 2.24) is 10.3 Å². The van der Waals surface area contributed by atoms with Crippen molar-refractivity contribution in [3.8, 4) is 11.5 Å². The highest BCUT2D eigenvalue weighted by Crippen LogP contribution is 2.22. The van der Waals surface area contributed by atoms with E-state index in [2.05, 4.69) is 15.6 Å². The second-order valence-corrected chi connectivity index (χ2v) is 5.43. The standard InChI is InChI=1S/C20H17N3O3/c1-21-19(24)14-4-2-6-16(12-14)23-20(25)15-5-3-7-18(13-15)26-17-8-10-22-11-9-17/h2-13H,1H3,(H,21,24)(H,23,25). The third-order valence-electron chi connectivity index (χ3n) is 3.59. The number of anilines is 1. The fourth-order valence-electron chi connectivity index (χ4n) is 2.33. The van der Waals surface area contributed by atoms with E-state index in [1.165, 1.54) is 0 Å². The first-order valence-electron chi connectivity index (χ1n) is 7.97. The van der Waals surface area contributed by atoms with E-state index in [-0.39, 0.29) is 11.8 Å². The fraction of sp³-hybridized carbons (Fsp3) is 0.0500. The molecule has 0 atom stereocenters. The van der Waals surface area contributed by atoms with Crippen LogP contribution < -0.4 is 15.4 Å². The zero-order valence-corrected chi connectivity index (χ0v) is 14.1. The molecule has 0 unspecified atom stereocenters. The summed E-state index contributed by atoms with van der Waals surface area (Å²) in [5.41, 5.74) is 1.46. The predicted octanol–water partition coefficient (Wildman–Crippen LogP) is 3.49. The van der Waals surface area contributed by atoms with Crippen molar-refractivity contribution in [1.29, 1.82) is 0 Å². The van der Waals surface area contributed by atoms with Crippen LogP contribution in [0.2, 0.25) is 0 Å². The lowest BCUT2D eigenvalue weighted by atomic mass is 10.1. The van der Waals surface area contributed by atoms with Gasteiger partial charge in [-0.3, -0.25) is 14.6 Å². The lowest BCUT2D eigenvalue weighted by molar-refractivity contribution is 0.0961. The van der Waals surface area contributed by atoms with Gasteiger partial charge in [-0.2, -0.15) is 0 Å². The first kappa shape index (κ1) is 17.2. The summed E-state index contributed by atoms with van der Waals surface area (Å²) in [4.78, 5) is 28.1. The third kappa shape index (κ3) is 4.24. The third-order valence-corrected chi connectivity index (χ3v) is 3.59. The molecule has 0 saturated heterocycles. The topological polar surface area (TPSA) is 80.3 Å². The van der Waals surface area contributed by atoms with Crippen molar-refractivity contribution in [3.63, 3.8) is 0 Å². The lowest BCUT2D eigenvalue weighted by Crippen LogP contribution is -2.18. The molecule has 3 aromatic rings. The van der Waals surface area contributed by atoms with Crippen LogP contribution in [-0.4, -0.2) is 23.8 Å². The number of nitrogens with one attached hydrogen (secondary N) is 2. The summed E-state index contributed by atoms with van der Waals surface area (Å²) in [7, 11) is 1.56. The summed E-state index contributed by atoms with van der Waals surface area (Å²) < 4.78 is 5.71. The van der Waals surface area contributed by atoms with Crippen LogP contribution in [0.4, 0.5) is 5.69 Å². The number of amides is 2. The van der Waals surface area contributed by atoms with Crippen LogP contribution >= 0.6 is 0 Å². The van der Waals surface area contributed by atoms with Gasteiger partial charge in [-0.15, -0.1) is 0 Å². The average molecular weight is 347 g/mol. The summed E-state index contributed by atoms with van der Waals surface area (Å²) in [6.45, 7) is 0. The van der Waals surface area contributed by atoms with E-state index in [9.17, 15) is 9.59 Å². The maximum Gasteiger partial charge on any atom is 0.255 e. The summed E-state index contributed by atoms with van der Waals surface area (Å²) in [6, 6.07) is 17.1. The first-order chi connectivity index (χ1) is 12.7. The Morgan fingerprint density at radius 2 is 1.54 bits per heavy atom. The van der Waals surface area contributed by atoms with Gasteiger partial charge in [-0.1, -0.05) is 12.1 Å². The van der Waals surface area contributed by atoms with Gasteiger partial charge in [0.25, 0.3) is 11.8 Å². The summed E-state index contributed by atoms with van der Waals surface area (Å²) in [5.74, 6) is 0.673. The molecule has 0 fully saturated rings. The largest absolute Gasteiger partial charge is 0.457 e. The van der Waals surface area contributed by atoms with Crippen LogP contribution in [0.25, 0.3) is 0 Å². The molecule has 26 heavy (non-hydrogen) atoms. The molecule has 1 heterocycles. The number of rotatable bonds is 5. The summed E-state index contributed by atoms with van der Waals surface area (Å²) in [5, 5.41) is 5.34. The Morgan fingerprint density at radius 1 is 0.846 bits per heavy atom. The Morgan fingerprint density at radius 3 is 2.27 bits per heavy atom. The monoisotopic (exact) mass is 347 g/mol. The van der Waals surface area contributed by atoms with Crippen molar-refractivity contribution in [2.24, 2.45) is 0 Å². The normalized spacial score (nSPS) is 10.0. The molecule has 0 spiro atoms. The molecule has 6 nitrogen and oxygen atoms in total. The van der Waals surface area contributed by atoms with Gasteiger partial charge in [-0.25, -0.2) is 0 Å². The zero-order valence-electron chi connectivity index (χ0n) is 14.1. The average Bonchev–Trinajstić information content (AvgIpc) is 2.68. The molecule has 1 aromatic heterocycles. The highest BCUT2D eigenvalue weighted by atomic mass is 16.5. The van der Waals surface area contributed by atoms with E-state index in [0.717, 1.165) is 0 Å². The predicted molar refractivity (Wildman–Crippen MR) is 98.5 cm³/mol. The number of carbonyl (C=O) groups excluding carboxylic acids is 2. The quantitative estimate of drug-likeness (QED) is 0.740. The molecule has 2 N–H and O–H groups in total. The van der Waals surface area contributed by atoms with Crippen molar-refractivity contribution < 1.29 is 14.3 Å². The van der Waals surface area contributed by atoms with Gasteiger partial charge in [0, 0.05) is 36.3 Å². The molecule has 0 aliphatic carbocycles. The molecule has 0 bridgehead atoms. The first-order valence-corrected chi connectivity index (χ1v) is 7.97. The molecule has 0 saturated carbocycles. The van der Waals surface area contributed by atoms with Crippen molar-refractivity contribution in [2.75, 3.05) is 12.4 Å². The van der Waals surface area contributed by atoms with E-state index >= 15 is 0 Å². The fourth-order valence-corrected chi connectivity index (χ4v) is 2.33. The Balaban J connectivity index is 1.74. The molecule has 0 aliphatic rings. The SMILES string of the molecule is CNC(=O)c1cccc(NC(=O)c2cccc(Oc3ccncc3)c2)c1. The minimum Gasteiger partial charge on any atom is -0.457 e. The molecular formula is C20H17N3O3. The van der Waals surface area contributed by atoms with Gasteiger partial charge in [-0.05, 0) is 48.5 Å². The minimum atomic E-state index is -0.292. The molecular weight excluding hydrogens is 330 g/mol. The highest BCUT2D eigenvalue weighted by Gasteiger charge is 2.10. The molecule has 130 valence electrons. The van der Waals surface area contributed by atoms with Gasteiger partial charge in [0.1, 0.15) is 11.5 Å². The van der Waals surface area contributed by atoms with Gasteiger partial charge in [0.05, 0.1) is 0 Å². The van der Waals surface area contributed by atoms with Gasteiger partial charge < -0.3 is 15.4 Å². The second-order valence-electron chi connectivity index (χ2n) is 5.43. The van der Waals surface area contributed by atoms with Crippen LogP contribution in [0, 0.1) is 0 Å². The maximum atomic E-state index is 12.5. The molecule has 0 radical (unpaired) electrons. The number of ether oxygens (including phenoxy) is 1. The van der Waals surface area contributed by atoms with Crippen LogP contribution in [0.3, 0.4) is 0 Å². The van der Waals surface area contributed by atoms with E-state index < -0.39 is 0 Å². The number of hydrogen-bond acceptors (Lipinski definition) is 4. The number of pyridine rings is 1. The Labute approximate surface area is 150 Å². The van der Waals surface area contributed by atoms with E-state index in [0.29, 0.717) is 28.3 Å². The minimum absolute atomic E-state index is 0.214. The smallest absolute Gasteiger partial charge is 0.255 e. The zero-order chi connectivity index (χ0) is 18.4. The summed E-state index contributed by atoms with van der Waals surface area (Å²) in [6.07, 6.45) is 3.26. The number of benzene rings is 2. The van der Waals surface area contributed by atoms with Crippen LogP contribution in [-0.2, 0) is 0 Å². The molecule has 2 amide bonds. The highest BCUT2D eigenvalue weighted by molar-refractivity contribution is 6.05. The van der Waals surface area contributed by atoms with E-state index in [1.807, 2.05) is 0 Å². The molecule has 3 rings (SSSR count). The Bertz CT molecular complexity index is 926. The number of aromatic nitrogens is 1. The number of hydrogen-bond donors (Lipinski definition) is 2. The summed E-state index contributed by atoms with van der Waals surface area (Å²) >= 11 is 0. The molecule has 2 aromatic carbocycles. The number of carbonyl (C=O) groups is 2. The Kier molecular flexibility index (Phi) is 5.24. The van der Waals surface area contributed by atoms with Crippen molar-refractivity contribution in [3.05, 3.63) is 84.2 Å². The van der Waals surface area contributed by atoms with E-state index in [1.54, 1.807) is 80.1 Å². The molecule has 0 aliphatic heterocycles. The Hall–Kier alpha value is -3.67.